The van der Waals surface area contributed by atoms with Gasteiger partial charge in [0.15, 0.2) is 5.82 Å². The standard InChI is InChI=1S/C13H17Cl2N5/c1-3-5-9(4-2)20-13(17-18-19-20)10-6-8(16)7-11(14)12(10)15/h6-7,9H,3-5,16H2,1-2H3. The van der Waals surface area contributed by atoms with Crippen LogP contribution in [0.15, 0.2) is 12.1 Å². The van der Waals surface area contributed by atoms with Crippen LogP contribution in [0.5, 0.6) is 0 Å². The Morgan fingerprint density at radius 2 is 2.05 bits per heavy atom. The molecule has 2 aromatic rings. The van der Waals surface area contributed by atoms with E-state index in [1.807, 2.05) is 0 Å². The number of tetrazole rings is 1. The zero-order valence-electron chi connectivity index (χ0n) is 11.5. The van der Waals surface area contributed by atoms with E-state index < -0.39 is 0 Å². The molecule has 0 fully saturated rings. The van der Waals surface area contributed by atoms with Gasteiger partial charge in [0.25, 0.3) is 0 Å². The molecular formula is C13H17Cl2N5. The van der Waals surface area contributed by atoms with Crippen molar-refractivity contribution in [1.82, 2.24) is 20.2 Å². The largest absolute Gasteiger partial charge is 0.399 e. The van der Waals surface area contributed by atoms with E-state index in [4.69, 9.17) is 28.9 Å². The Balaban J connectivity index is 2.52. The fourth-order valence-corrected chi connectivity index (χ4v) is 2.64. The van der Waals surface area contributed by atoms with Crippen LogP contribution in [-0.4, -0.2) is 20.2 Å². The third-order valence-corrected chi connectivity index (χ3v) is 4.03. The summed E-state index contributed by atoms with van der Waals surface area (Å²) in [5.41, 5.74) is 7.03. The van der Waals surface area contributed by atoms with Crippen molar-refractivity contribution in [1.29, 1.82) is 0 Å². The number of benzene rings is 1. The SMILES string of the molecule is CCCC(CC)n1nnnc1-c1cc(N)cc(Cl)c1Cl. The maximum Gasteiger partial charge on any atom is 0.183 e. The van der Waals surface area contributed by atoms with Crippen molar-refractivity contribution in [3.05, 3.63) is 22.2 Å². The van der Waals surface area contributed by atoms with E-state index >= 15 is 0 Å². The Labute approximate surface area is 128 Å². The minimum Gasteiger partial charge on any atom is -0.399 e. The minimum absolute atomic E-state index is 0.237. The van der Waals surface area contributed by atoms with E-state index in [1.54, 1.807) is 16.8 Å². The molecule has 20 heavy (non-hydrogen) atoms. The first-order valence-electron chi connectivity index (χ1n) is 6.61. The van der Waals surface area contributed by atoms with E-state index in [0.717, 1.165) is 19.3 Å². The molecule has 0 spiro atoms. The molecule has 2 N–H and O–H groups in total. The summed E-state index contributed by atoms with van der Waals surface area (Å²) in [6.45, 7) is 4.25. The van der Waals surface area contributed by atoms with E-state index in [-0.39, 0.29) is 6.04 Å². The molecule has 0 aliphatic rings. The van der Waals surface area contributed by atoms with Crippen molar-refractivity contribution < 1.29 is 0 Å². The van der Waals surface area contributed by atoms with Gasteiger partial charge in [0, 0.05) is 11.3 Å². The molecule has 7 heteroatoms. The number of hydrogen-bond acceptors (Lipinski definition) is 4. The van der Waals surface area contributed by atoms with Crippen molar-refractivity contribution in [2.45, 2.75) is 39.2 Å². The summed E-state index contributed by atoms with van der Waals surface area (Å²) in [5.74, 6) is 0.601. The molecule has 2 rings (SSSR count). The molecule has 1 aromatic heterocycles. The first-order valence-corrected chi connectivity index (χ1v) is 7.36. The van der Waals surface area contributed by atoms with Crippen LogP contribution in [-0.2, 0) is 0 Å². The van der Waals surface area contributed by atoms with Crippen LogP contribution in [0.3, 0.4) is 0 Å². The zero-order valence-corrected chi connectivity index (χ0v) is 13.0. The maximum atomic E-state index is 6.26. The predicted molar refractivity (Wildman–Crippen MR) is 81.9 cm³/mol. The van der Waals surface area contributed by atoms with Gasteiger partial charge in [-0.1, -0.05) is 43.5 Å². The highest BCUT2D eigenvalue weighted by Gasteiger charge is 2.20. The molecule has 1 unspecified atom stereocenters. The molecule has 0 bridgehead atoms. The molecule has 1 atom stereocenters. The summed E-state index contributed by atoms with van der Waals surface area (Å²) >= 11 is 12.3. The quantitative estimate of drug-likeness (QED) is 0.847. The van der Waals surface area contributed by atoms with Gasteiger partial charge in [-0.05, 0) is 35.4 Å². The van der Waals surface area contributed by atoms with E-state index in [1.165, 1.54) is 0 Å². The summed E-state index contributed by atoms with van der Waals surface area (Å²) in [6, 6.07) is 3.60. The highest BCUT2D eigenvalue weighted by Crippen LogP contribution is 2.35. The van der Waals surface area contributed by atoms with Gasteiger partial charge in [0.05, 0.1) is 16.1 Å². The number of nitrogen functional groups attached to an aromatic ring is 1. The highest BCUT2D eigenvalue weighted by molar-refractivity contribution is 6.43. The summed E-state index contributed by atoms with van der Waals surface area (Å²) in [4.78, 5) is 0. The van der Waals surface area contributed by atoms with Crippen LogP contribution < -0.4 is 5.73 Å². The Morgan fingerprint density at radius 1 is 1.30 bits per heavy atom. The third kappa shape index (κ3) is 2.88. The molecular weight excluding hydrogens is 297 g/mol. The van der Waals surface area contributed by atoms with Crippen LogP contribution in [0.25, 0.3) is 11.4 Å². The average Bonchev–Trinajstić information content (AvgIpc) is 2.89. The molecule has 1 aromatic carbocycles. The lowest BCUT2D eigenvalue weighted by atomic mass is 10.1. The second-order valence-electron chi connectivity index (χ2n) is 4.66. The average molecular weight is 314 g/mol. The van der Waals surface area contributed by atoms with Crippen LogP contribution in [0.2, 0.25) is 10.0 Å². The monoisotopic (exact) mass is 313 g/mol. The van der Waals surface area contributed by atoms with Crippen molar-refractivity contribution >= 4 is 28.9 Å². The molecule has 0 saturated heterocycles. The van der Waals surface area contributed by atoms with Crippen molar-refractivity contribution in [3.8, 4) is 11.4 Å². The van der Waals surface area contributed by atoms with Gasteiger partial charge in [-0.15, -0.1) is 5.10 Å². The molecule has 0 aliphatic carbocycles. The van der Waals surface area contributed by atoms with Crippen LogP contribution in [0.1, 0.15) is 39.2 Å². The summed E-state index contributed by atoms with van der Waals surface area (Å²) < 4.78 is 1.81. The lowest BCUT2D eigenvalue weighted by Gasteiger charge is -2.16. The van der Waals surface area contributed by atoms with Gasteiger partial charge in [-0.25, -0.2) is 4.68 Å². The smallest absolute Gasteiger partial charge is 0.183 e. The second kappa shape index (κ2) is 6.41. The normalized spacial score (nSPS) is 12.6. The predicted octanol–water partition coefficient (Wildman–Crippen LogP) is 3.98. The highest BCUT2D eigenvalue weighted by atomic mass is 35.5. The zero-order chi connectivity index (χ0) is 14.7. The minimum atomic E-state index is 0.237. The van der Waals surface area contributed by atoms with Gasteiger partial charge in [0.2, 0.25) is 0 Å². The van der Waals surface area contributed by atoms with Crippen molar-refractivity contribution in [2.24, 2.45) is 0 Å². The molecule has 5 nitrogen and oxygen atoms in total. The van der Waals surface area contributed by atoms with E-state index in [2.05, 4.69) is 29.4 Å². The van der Waals surface area contributed by atoms with Gasteiger partial charge < -0.3 is 5.73 Å². The van der Waals surface area contributed by atoms with Gasteiger partial charge >= 0.3 is 0 Å². The Hall–Kier alpha value is -1.33. The number of nitrogens with two attached hydrogens (primary N) is 1. The van der Waals surface area contributed by atoms with Crippen LogP contribution in [0.4, 0.5) is 5.69 Å². The molecule has 0 amide bonds. The molecule has 108 valence electrons. The first kappa shape index (κ1) is 15.1. The van der Waals surface area contributed by atoms with Gasteiger partial charge in [-0.2, -0.15) is 0 Å². The number of nitrogens with zero attached hydrogens (tertiary/aromatic N) is 4. The molecule has 0 aliphatic heterocycles. The van der Waals surface area contributed by atoms with E-state index in [0.29, 0.717) is 27.1 Å². The molecule has 0 saturated carbocycles. The second-order valence-corrected chi connectivity index (χ2v) is 5.45. The fourth-order valence-electron chi connectivity index (χ4n) is 2.22. The van der Waals surface area contributed by atoms with E-state index in [9.17, 15) is 0 Å². The number of halogens is 2. The van der Waals surface area contributed by atoms with Gasteiger partial charge in [-0.3, -0.25) is 0 Å². The van der Waals surface area contributed by atoms with Crippen molar-refractivity contribution in [3.63, 3.8) is 0 Å². The Bertz CT molecular complexity index is 596. The lowest BCUT2D eigenvalue weighted by Crippen LogP contribution is -2.11. The number of rotatable bonds is 5. The maximum absolute atomic E-state index is 6.26. The third-order valence-electron chi connectivity index (χ3n) is 3.22. The van der Waals surface area contributed by atoms with Crippen molar-refractivity contribution in [2.75, 3.05) is 5.73 Å². The lowest BCUT2D eigenvalue weighted by molar-refractivity contribution is 0.404. The first-order chi connectivity index (χ1) is 9.58. The topological polar surface area (TPSA) is 69.6 Å². The molecule has 1 heterocycles. The Morgan fingerprint density at radius 3 is 2.70 bits per heavy atom. The molecule has 0 radical (unpaired) electrons. The number of aromatic nitrogens is 4. The summed E-state index contributed by atoms with van der Waals surface area (Å²) in [5, 5.41) is 12.8. The summed E-state index contributed by atoms with van der Waals surface area (Å²) in [7, 11) is 0. The Kier molecular flexibility index (Phi) is 4.83. The fraction of sp³-hybridized carbons (Fsp3) is 0.462. The van der Waals surface area contributed by atoms with Crippen LogP contribution >= 0.6 is 23.2 Å². The van der Waals surface area contributed by atoms with Crippen LogP contribution in [0, 0.1) is 0 Å². The summed E-state index contributed by atoms with van der Waals surface area (Å²) in [6.07, 6.45) is 3.00. The number of anilines is 1. The van der Waals surface area contributed by atoms with Gasteiger partial charge in [0.1, 0.15) is 0 Å². The number of hydrogen-bond donors (Lipinski definition) is 1.